The molecular formula is C10H10FNO2. The van der Waals surface area contributed by atoms with Gasteiger partial charge in [0.05, 0.1) is 11.3 Å². The van der Waals surface area contributed by atoms with Gasteiger partial charge in [-0.1, -0.05) is 0 Å². The van der Waals surface area contributed by atoms with Gasteiger partial charge in [-0.3, -0.25) is 0 Å². The largest absolute Gasteiger partial charge is 0.478 e. The van der Waals surface area contributed by atoms with Crippen LogP contribution >= 0.6 is 0 Å². The molecule has 1 aromatic carbocycles. The highest BCUT2D eigenvalue weighted by molar-refractivity contribution is 5.96. The Balaban J connectivity index is 2.65. The number of likely N-dealkylation sites (N-methyl/N-ethyl adjacent to an activating group) is 1. The summed E-state index contributed by atoms with van der Waals surface area (Å²) in [5, 5.41) is 8.90. The SMILES string of the molecule is CN1CCc2cc(F)cc(C(=O)O)c21. The van der Waals surface area contributed by atoms with Crippen LogP contribution in [0.2, 0.25) is 0 Å². The van der Waals surface area contributed by atoms with Gasteiger partial charge in [-0.25, -0.2) is 9.18 Å². The fourth-order valence-electron chi connectivity index (χ4n) is 1.86. The Hall–Kier alpha value is -1.58. The Morgan fingerprint density at radius 3 is 2.93 bits per heavy atom. The molecule has 74 valence electrons. The van der Waals surface area contributed by atoms with Crippen LogP contribution < -0.4 is 4.90 Å². The van der Waals surface area contributed by atoms with Crippen molar-refractivity contribution >= 4 is 11.7 Å². The molecule has 0 atom stereocenters. The van der Waals surface area contributed by atoms with E-state index in [4.69, 9.17) is 5.11 Å². The van der Waals surface area contributed by atoms with E-state index in [1.165, 1.54) is 6.07 Å². The fourth-order valence-corrected chi connectivity index (χ4v) is 1.86. The molecule has 2 rings (SSSR count). The molecule has 0 radical (unpaired) electrons. The highest BCUT2D eigenvalue weighted by Crippen LogP contribution is 2.31. The van der Waals surface area contributed by atoms with Crippen molar-refractivity contribution in [3.63, 3.8) is 0 Å². The number of aromatic carboxylic acids is 1. The van der Waals surface area contributed by atoms with Gasteiger partial charge in [-0.05, 0) is 24.1 Å². The first-order valence-corrected chi connectivity index (χ1v) is 4.36. The first-order chi connectivity index (χ1) is 6.59. The number of anilines is 1. The smallest absolute Gasteiger partial charge is 0.337 e. The van der Waals surface area contributed by atoms with Crippen LogP contribution in [0.1, 0.15) is 15.9 Å². The van der Waals surface area contributed by atoms with Crippen molar-refractivity contribution in [2.24, 2.45) is 0 Å². The van der Waals surface area contributed by atoms with Crippen molar-refractivity contribution in [2.45, 2.75) is 6.42 Å². The average molecular weight is 195 g/mol. The van der Waals surface area contributed by atoms with Gasteiger partial charge in [0, 0.05) is 13.6 Å². The van der Waals surface area contributed by atoms with Gasteiger partial charge >= 0.3 is 5.97 Å². The number of halogens is 1. The fraction of sp³-hybridized carbons (Fsp3) is 0.300. The summed E-state index contributed by atoms with van der Waals surface area (Å²) in [6, 6.07) is 2.48. The summed E-state index contributed by atoms with van der Waals surface area (Å²) in [4.78, 5) is 12.7. The van der Waals surface area contributed by atoms with Crippen LogP contribution in [-0.4, -0.2) is 24.7 Å². The lowest BCUT2D eigenvalue weighted by Gasteiger charge is -2.14. The summed E-state index contributed by atoms with van der Waals surface area (Å²) in [7, 11) is 1.82. The Labute approximate surface area is 80.8 Å². The molecule has 1 aliphatic heterocycles. The molecule has 0 spiro atoms. The first kappa shape index (κ1) is 8.99. The number of rotatable bonds is 1. The zero-order valence-electron chi connectivity index (χ0n) is 7.75. The van der Waals surface area contributed by atoms with E-state index in [1.54, 1.807) is 0 Å². The van der Waals surface area contributed by atoms with Crippen molar-refractivity contribution in [1.29, 1.82) is 0 Å². The molecule has 1 N–H and O–H groups in total. The van der Waals surface area contributed by atoms with E-state index in [9.17, 15) is 9.18 Å². The molecule has 1 aliphatic rings. The summed E-state index contributed by atoms with van der Waals surface area (Å²) in [6.45, 7) is 0.749. The second kappa shape index (κ2) is 2.97. The monoisotopic (exact) mass is 195 g/mol. The number of benzene rings is 1. The maximum absolute atomic E-state index is 13.0. The van der Waals surface area contributed by atoms with Gasteiger partial charge in [0.1, 0.15) is 5.82 Å². The van der Waals surface area contributed by atoms with E-state index in [2.05, 4.69) is 0 Å². The normalized spacial score (nSPS) is 14.3. The van der Waals surface area contributed by atoms with Crippen LogP contribution in [0.15, 0.2) is 12.1 Å². The zero-order valence-corrected chi connectivity index (χ0v) is 7.75. The predicted octanol–water partition coefficient (Wildman–Crippen LogP) is 1.52. The number of carboxylic acids is 1. The lowest BCUT2D eigenvalue weighted by Crippen LogP contribution is -2.15. The molecule has 1 heterocycles. The number of hydrogen-bond acceptors (Lipinski definition) is 2. The maximum atomic E-state index is 13.0. The molecule has 14 heavy (non-hydrogen) atoms. The third-order valence-corrected chi connectivity index (χ3v) is 2.48. The number of nitrogens with zero attached hydrogens (tertiary/aromatic N) is 1. The van der Waals surface area contributed by atoms with E-state index < -0.39 is 11.8 Å². The van der Waals surface area contributed by atoms with E-state index in [0.29, 0.717) is 12.1 Å². The summed E-state index contributed by atoms with van der Waals surface area (Å²) >= 11 is 0. The maximum Gasteiger partial charge on any atom is 0.337 e. The molecule has 0 bridgehead atoms. The van der Waals surface area contributed by atoms with Crippen LogP contribution in [0.3, 0.4) is 0 Å². The minimum atomic E-state index is -1.07. The molecule has 1 aromatic rings. The Morgan fingerprint density at radius 2 is 2.29 bits per heavy atom. The molecule has 4 heteroatoms. The zero-order chi connectivity index (χ0) is 10.3. The van der Waals surface area contributed by atoms with Crippen molar-refractivity contribution in [3.05, 3.63) is 29.1 Å². The standard InChI is InChI=1S/C10H10FNO2/c1-12-3-2-6-4-7(11)5-8(9(6)12)10(13)14/h4-5H,2-3H2,1H3,(H,13,14). The van der Waals surface area contributed by atoms with E-state index >= 15 is 0 Å². The van der Waals surface area contributed by atoms with Crippen LogP contribution in [0.5, 0.6) is 0 Å². The van der Waals surface area contributed by atoms with Crippen LogP contribution in [0.4, 0.5) is 10.1 Å². The van der Waals surface area contributed by atoms with Crippen LogP contribution in [-0.2, 0) is 6.42 Å². The summed E-state index contributed by atoms with van der Waals surface area (Å²) in [5.74, 6) is -1.55. The molecule has 0 aromatic heterocycles. The lowest BCUT2D eigenvalue weighted by atomic mass is 10.1. The molecule has 0 saturated carbocycles. The van der Waals surface area contributed by atoms with Gasteiger partial charge in [-0.15, -0.1) is 0 Å². The third kappa shape index (κ3) is 1.23. The molecule has 3 nitrogen and oxygen atoms in total. The average Bonchev–Trinajstić information content (AvgIpc) is 2.46. The van der Waals surface area contributed by atoms with Crippen molar-refractivity contribution in [3.8, 4) is 0 Å². The van der Waals surface area contributed by atoms with E-state index in [1.807, 2.05) is 11.9 Å². The van der Waals surface area contributed by atoms with E-state index in [0.717, 1.165) is 18.2 Å². The minimum absolute atomic E-state index is 0.0556. The molecule has 0 aliphatic carbocycles. The van der Waals surface area contributed by atoms with Gasteiger partial charge < -0.3 is 10.0 Å². The van der Waals surface area contributed by atoms with Crippen LogP contribution in [0.25, 0.3) is 0 Å². The minimum Gasteiger partial charge on any atom is -0.478 e. The molecule has 0 fully saturated rings. The van der Waals surface area contributed by atoms with Crippen molar-refractivity contribution < 1.29 is 14.3 Å². The summed E-state index contributed by atoms with van der Waals surface area (Å²) in [6.07, 6.45) is 0.712. The number of carboxylic acid groups (broad SMARTS) is 1. The number of carbonyl (C=O) groups is 1. The molecule has 0 unspecified atom stereocenters. The third-order valence-electron chi connectivity index (χ3n) is 2.48. The quantitative estimate of drug-likeness (QED) is 0.738. The second-order valence-electron chi connectivity index (χ2n) is 3.44. The van der Waals surface area contributed by atoms with Crippen molar-refractivity contribution in [2.75, 3.05) is 18.5 Å². The second-order valence-corrected chi connectivity index (χ2v) is 3.44. The van der Waals surface area contributed by atoms with Crippen LogP contribution in [0, 0.1) is 5.82 Å². The van der Waals surface area contributed by atoms with E-state index in [-0.39, 0.29) is 5.56 Å². The highest BCUT2D eigenvalue weighted by atomic mass is 19.1. The molecular weight excluding hydrogens is 185 g/mol. The van der Waals surface area contributed by atoms with Gasteiger partial charge in [-0.2, -0.15) is 0 Å². The predicted molar refractivity (Wildman–Crippen MR) is 50.3 cm³/mol. The van der Waals surface area contributed by atoms with Gasteiger partial charge in [0.25, 0.3) is 0 Å². The Bertz CT molecular complexity index is 403. The molecule has 0 amide bonds. The lowest BCUT2D eigenvalue weighted by molar-refractivity contribution is 0.0697. The summed E-state index contributed by atoms with van der Waals surface area (Å²) in [5.41, 5.74) is 1.49. The van der Waals surface area contributed by atoms with Crippen molar-refractivity contribution in [1.82, 2.24) is 0 Å². The Kier molecular flexibility index (Phi) is 1.91. The Morgan fingerprint density at radius 1 is 1.57 bits per heavy atom. The number of hydrogen-bond donors (Lipinski definition) is 1. The molecule has 0 saturated heterocycles. The summed E-state index contributed by atoms with van der Waals surface area (Å²) < 4.78 is 13.0. The topological polar surface area (TPSA) is 40.5 Å². The first-order valence-electron chi connectivity index (χ1n) is 4.36. The highest BCUT2D eigenvalue weighted by Gasteiger charge is 2.23. The van der Waals surface area contributed by atoms with Gasteiger partial charge in [0.2, 0.25) is 0 Å². The van der Waals surface area contributed by atoms with Gasteiger partial charge in [0.15, 0.2) is 0 Å². The number of fused-ring (bicyclic) bond motifs is 1.